The molecule has 1 fully saturated rings. The predicted molar refractivity (Wildman–Crippen MR) is 76.0 cm³/mol. The van der Waals surface area contributed by atoms with Crippen LogP contribution in [0.2, 0.25) is 0 Å². The molecule has 1 aliphatic rings. The quantitative estimate of drug-likeness (QED) is 0.706. The SMILES string of the molecule is CC(C)CCN(CCC(C)C)C1CCC1CN. The third-order valence-corrected chi connectivity index (χ3v) is 4.14. The lowest BCUT2D eigenvalue weighted by Gasteiger charge is -2.44. The number of nitrogens with zero attached hydrogens (tertiary/aromatic N) is 1. The molecule has 0 aromatic rings. The lowest BCUT2D eigenvalue weighted by Crippen LogP contribution is -2.50. The van der Waals surface area contributed by atoms with Crippen LogP contribution in [0.1, 0.15) is 53.4 Å². The zero-order valence-corrected chi connectivity index (χ0v) is 12.3. The monoisotopic (exact) mass is 240 g/mol. The van der Waals surface area contributed by atoms with Gasteiger partial charge in [-0.25, -0.2) is 0 Å². The minimum Gasteiger partial charge on any atom is -0.330 e. The van der Waals surface area contributed by atoms with E-state index in [1.807, 2.05) is 0 Å². The molecule has 2 atom stereocenters. The Morgan fingerprint density at radius 2 is 1.53 bits per heavy atom. The average molecular weight is 240 g/mol. The lowest BCUT2D eigenvalue weighted by molar-refractivity contribution is 0.0588. The molecule has 1 aliphatic carbocycles. The summed E-state index contributed by atoms with van der Waals surface area (Å²) < 4.78 is 0. The second-order valence-corrected chi connectivity index (χ2v) is 6.54. The van der Waals surface area contributed by atoms with E-state index in [4.69, 9.17) is 5.73 Å². The van der Waals surface area contributed by atoms with Gasteiger partial charge in [0, 0.05) is 6.04 Å². The molecule has 2 heteroatoms. The maximum atomic E-state index is 5.85. The Morgan fingerprint density at radius 1 is 1.00 bits per heavy atom. The number of nitrogens with two attached hydrogens (primary N) is 1. The number of rotatable bonds is 8. The van der Waals surface area contributed by atoms with Crippen LogP contribution in [-0.2, 0) is 0 Å². The maximum Gasteiger partial charge on any atom is 0.0136 e. The zero-order valence-electron chi connectivity index (χ0n) is 12.3. The van der Waals surface area contributed by atoms with Crippen LogP contribution in [0.3, 0.4) is 0 Å². The molecule has 0 saturated heterocycles. The molecule has 0 heterocycles. The van der Waals surface area contributed by atoms with E-state index >= 15 is 0 Å². The number of hydrogen-bond donors (Lipinski definition) is 1. The van der Waals surface area contributed by atoms with Crippen LogP contribution in [0.5, 0.6) is 0 Å². The molecule has 2 unspecified atom stereocenters. The van der Waals surface area contributed by atoms with E-state index in [0.717, 1.165) is 30.3 Å². The van der Waals surface area contributed by atoms with E-state index in [2.05, 4.69) is 32.6 Å². The van der Waals surface area contributed by atoms with Crippen molar-refractivity contribution in [3.63, 3.8) is 0 Å². The highest BCUT2D eigenvalue weighted by molar-refractivity contribution is 4.89. The molecule has 1 rings (SSSR count). The van der Waals surface area contributed by atoms with Crippen LogP contribution in [0.25, 0.3) is 0 Å². The van der Waals surface area contributed by atoms with Crippen molar-refractivity contribution in [3.8, 4) is 0 Å². The van der Waals surface area contributed by atoms with Gasteiger partial charge < -0.3 is 10.6 Å². The Hall–Kier alpha value is -0.0800. The molecule has 17 heavy (non-hydrogen) atoms. The third kappa shape index (κ3) is 4.97. The molecule has 2 nitrogen and oxygen atoms in total. The van der Waals surface area contributed by atoms with Gasteiger partial charge in [-0.1, -0.05) is 27.7 Å². The third-order valence-electron chi connectivity index (χ3n) is 4.14. The van der Waals surface area contributed by atoms with E-state index in [1.54, 1.807) is 0 Å². The van der Waals surface area contributed by atoms with Gasteiger partial charge in [0.2, 0.25) is 0 Å². The van der Waals surface area contributed by atoms with Gasteiger partial charge in [0.1, 0.15) is 0 Å². The van der Waals surface area contributed by atoms with Gasteiger partial charge in [-0.2, -0.15) is 0 Å². The van der Waals surface area contributed by atoms with Crippen LogP contribution in [0, 0.1) is 17.8 Å². The van der Waals surface area contributed by atoms with Gasteiger partial charge in [0.05, 0.1) is 0 Å². The fraction of sp³-hybridized carbons (Fsp3) is 1.00. The molecule has 0 bridgehead atoms. The minimum absolute atomic E-state index is 0.773. The molecule has 0 aromatic heterocycles. The zero-order chi connectivity index (χ0) is 12.8. The van der Waals surface area contributed by atoms with Crippen LogP contribution in [0.15, 0.2) is 0 Å². The van der Waals surface area contributed by atoms with Crippen molar-refractivity contribution in [1.82, 2.24) is 4.90 Å². The second-order valence-electron chi connectivity index (χ2n) is 6.54. The van der Waals surface area contributed by atoms with Gasteiger partial charge in [0.25, 0.3) is 0 Å². The maximum absolute atomic E-state index is 5.85. The smallest absolute Gasteiger partial charge is 0.0136 e. The fourth-order valence-corrected chi connectivity index (χ4v) is 2.60. The Kier molecular flexibility index (Phi) is 6.50. The van der Waals surface area contributed by atoms with E-state index in [0.29, 0.717) is 0 Å². The van der Waals surface area contributed by atoms with Crippen LogP contribution < -0.4 is 5.73 Å². The molecule has 102 valence electrons. The first-order valence-electron chi connectivity index (χ1n) is 7.48. The predicted octanol–water partition coefficient (Wildman–Crippen LogP) is 3.12. The summed E-state index contributed by atoms with van der Waals surface area (Å²) in [4.78, 5) is 2.72. The molecule has 0 amide bonds. The fourth-order valence-electron chi connectivity index (χ4n) is 2.60. The van der Waals surface area contributed by atoms with Crippen molar-refractivity contribution < 1.29 is 0 Å². The van der Waals surface area contributed by atoms with Crippen molar-refractivity contribution in [1.29, 1.82) is 0 Å². The summed E-state index contributed by atoms with van der Waals surface area (Å²) in [5, 5.41) is 0. The van der Waals surface area contributed by atoms with Gasteiger partial charge >= 0.3 is 0 Å². The summed E-state index contributed by atoms with van der Waals surface area (Å²) in [5.74, 6) is 2.40. The Balaban J connectivity index is 2.40. The van der Waals surface area contributed by atoms with Crippen molar-refractivity contribution in [2.24, 2.45) is 23.5 Å². The summed E-state index contributed by atoms with van der Waals surface area (Å²) in [5.41, 5.74) is 5.85. The summed E-state index contributed by atoms with van der Waals surface area (Å²) in [6.07, 6.45) is 5.37. The van der Waals surface area contributed by atoms with Crippen molar-refractivity contribution >= 4 is 0 Å². The summed E-state index contributed by atoms with van der Waals surface area (Å²) >= 11 is 0. The Bertz CT molecular complexity index is 187. The molecule has 1 saturated carbocycles. The van der Waals surface area contributed by atoms with Gasteiger partial charge in [-0.05, 0) is 63.1 Å². The molecule has 0 spiro atoms. The molecular formula is C15H32N2. The first kappa shape index (κ1) is 15.0. The topological polar surface area (TPSA) is 29.3 Å². The van der Waals surface area contributed by atoms with Crippen LogP contribution >= 0.6 is 0 Å². The highest BCUT2D eigenvalue weighted by atomic mass is 15.2. The standard InChI is InChI=1S/C15H32N2/c1-12(2)7-9-17(10-8-13(3)4)15-6-5-14(15)11-16/h12-15H,5-11,16H2,1-4H3. The second kappa shape index (κ2) is 7.38. The number of hydrogen-bond acceptors (Lipinski definition) is 2. The van der Waals surface area contributed by atoms with Gasteiger partial charge in [-0.15, -0.1) is 0 Å². The molecular weight excluding hydrogens is 208 g/mol. The van der Waals surface area contributed by atoms with E-state index in [1.165, 1.54) is 38.8 Å². The van der Waals surface area contributed by atoms with Gasteiger partial charge in [-0.3, -0.25) is 0 Å². The Labute approximate surface area is 108 Å². The summed E-state index contributed by atoms with van der Waals surface area (Å²) in [6, 6.07) is 0.789. The largest absolute Gasteiger partial charge is 0.330 e. The average Bonchev–Trinajstić information content (AvgIpc) is 2.20. The van der Waals surface area contributed by atoms with Crippen molar-refractivity contribution in [2.45, 2.75) is 59.4 Å². The van der Waals surface area contributed by atoms with E-state index < -0.39 is 0 Å². The Morgan fingerprint density at radius 3 is 1.82 bits per heavy atom. The highest BCUT2D eigenvalue weighted by Crippen LogP contribution is 2.32. The van der Waals surface area contributed by atoms with Crippen LogP contribution in [0.4, 0.5) is 0 Å². The lowest BCUT2D eigenvalue weighted by atomic mass is 9.78. The molecule has 0 aromatic carbocycles. The van der Waals surface area contributed by atoms with Crippen LogP contribution in [-0.4, -0.2) is 30.6 Å². The first-order valence-corrected chi connectivity index (χ1v) is 7.48. The normalized spacial score (nSPS) is 24.7. The summed E-state index contributed by atoms with van der Waals surface area (Å²) in [7, 11) is 0. The highest BCUT2D eigenvalue weighted by Gasteiger charge is 2.33. The first-order chi connectivity index (χ1) is 8.04. The molecule has 0 radical (unpaired) electrons. The van der Waals surface area contributed by atoms with E-state index in [-0.39, 0.29) is 0 Å². The molecule has 0 aliphatic heterocycles. The van der Waals surface area contributed by atoms with Crippen molar-refractivity contribution in [3.05, 3.63) is 0 Å². The van der Waals surface area contributed by atoms with E-state index in [9.17, 15) is 0 Å². The minimum atomic E-state index is 0.773. The van der Waals surface area contributed by atoms with Crippen molar-refractivity contribution in [2.75, 3.05) is 19.6 Å². The summed E-state index contributed by atoms with van der Waals surface area (Å²) in [6.45, 7) is 12.7. The molecule has 2 N–H and O–H groups in total. The van der Waals surface area contributed by atoms with Gasteiger partial charge in [0.15, 0.2) is 0 Å².